The third-order valence-electron chi connectivity index (χ3n) is 4.50. The van der Waals surface area contributed by atoms with E-state index in [2.05, 4.69) is 36.2 Å². The molecule has 3 heterocycles. The fourth-order valence-electron chi connectivity index (χ4n) is 2.96. The van der Waals surface area contributed by atoms with Gasteiger partial charge in [-0.05, 0) is 30.3 Å². The second-order valence-corrected chi connectivity index (χ2v) is 6.76. The van der Waals surface area contributed by atoms with Crippen molar-refractivity contribution in [3.8, 4) is 11.3 Å². The molecule has 0 atom stereocenters. The van der Waals surface area contributed by atoms with Crippen molar-refractivity contribution in [3.63, 3.8) is 0 Å². The Labute approximate surface area is 179 Å². The number of carbonyl (C=O) groups is 1. The summed E-state index contributed by atoms with van der Waals surface area (Å²) in [5.74, 6) is 1.07. The van der Waals surface area contributed by atoms with Crippen molar-refractivity contribution in [2.75, 3.05) is 23.7 Å². The number of anilines is 3. The van der Waals surface area contributed by atoms with Crippen LogP contribution in [0, 0.1) is 0 Å². The van der Waals surface area contributed by atoms with E-state index < -0.39 is 0 Å². The molecule has 0 aliphatic rings. The van der Waals surface area contributed by atoms with Gasteiger partial charge in [0.05, 0.1) is 17.6 Å². The van der Waals surface area contributed by atoms with Crippen LogP contribution in [-0.2, 0) is 7.05 Å². The highest BCUT2D eigenvalue weighted by atomic mass is 16.2. The van der Waals surface area contributed by atoms with Gasteiger partial charge in [0.2, 0.25) is 0 Å². The number of pyridine rings is 1. The van der Waals surface area contributed by atoms with Gasteiger partial charge in [-0.25, -0.2) is 0 Å². The van der Waals surface area contributed by atoms with E-state index >= 15 is 0 Å². The maximum atomic E-state index is 12.5. The third kappa shape index (κ3) is 5.21. The van der Waals surface area contributed by atoms with Crippen molar-refractivity contribution in [1.82, 2.24) is 30.3 Å². The zero-order valence-electron chi connectivity index (χ0n) is 17.0. The number of benzene rings is 1. The number of carbonyl (C=O) groups excluding carboxylic acids is 1. The number of nitrogens with zero attached hydrogens (tertiary/aromatic N) is 5. The largest absolute Gasteiger partial charge is 0.367 e. The van der Waals surface area contributed by atoms with Crippen LogP contribution in [0.2, 0.25) is 0 Å². The number of aromatic nitrogens is 5. The van der Waals surface area contributed by atoms with Gasteiger partial charge in [0.1, 0.15) is 11.5 Å². The first-order chi connectivity index (χ1) is 15.2. The van der Waals surface area contributed by atoms with E-state index in [9.17, 15) is 4.79 Å². The number of hydrogen-bond donors (Lipinski definition) is 3. The lowest BCUT2D eigenvalue weighted by molar-refractivity contribution is 0.0946. The van der Waals surface area contributed by atoms with Gasteiger partial charge in [0.15, 0.2) is 5.82 Å². The van der Waals surface area contributed by atoms with Crippen LogP contribution in [0.5, 0.6) is 0 Å². The van der Waals surface area contributed by atoms with Crippen molar-refractivity contribution in [2.24, 2.45) is 7.05 Å². The van der Waals surface area contributed by atoms with Crippen LogP contribution in [-0.4, -0.2) is 44.0 Å². The zero-order chi connectivity index (χ0) is 21.5. The zero-order valence-corrected chi connectivity index (χ0v) is 17.0. The SMILES string of the molecule is Cn1nc(-c2ccccc2)cc1C(=O)NCCNc1ccc(Nc2cccnc2)nn1. The van der Waals surface area contributed by atoms with Crippen LogP contribution in [0.25, 0.3) is 11.3 Å². The van der Waals surface area contributed by atoms with Crippen LogP contribution in [0.15, 0.2) is 73.1 Å². The molecule has 1 amide bonds. The molecule has 9 heteroatoms. The molecular weight excluding hydrogens is 392 g/mol. The standard InChI is InChI=1S/C22H22N8O/c1-30-19(14-18(29-30)16-6-3-2-4-7-16)22(31)25-13-12-24-20-9-10-21(28-27-20)26-17-8-5-11-23-15-17/h2-11,14-15H,12-13H2,1H3,(H,24,27)(H,25,31)(H,26,28). The minimum atomic E-state index is -0.180. The summed E-state index contributed by atoms with van der Waals surface area (Å²) in [6.07, 6.45) is 3.42. The van der Waals surface area contributed by atoms with Crippen LogP contribution in [0.3, 0.4) is 0 Å². The first-order valence-electron chi connectivity index (χ1n) is 9.81. The number of hydrogen-bond acceptors (Lipinski definition) is 7. The average Bonchev–Trinajstić information content (AvgIpc) is 3.21. The van der Waals surface area contributed by atoms with E-state index in [0.29, 0.717) is 30.4 Å². The Balaban J connectivity index is 1.25. The summed E-state index contributed by atoms with van der Waals surface area (Å²) < 4.78 is 1.59. The summed E-state index contributed by atoms with van der Waals surface area (Å²) in [4.78, 5) is 16.5. The second-order valence-electron chi connectivity index (χ2n) is 6.76. The van der Waals surface area contributed by atoms with Crippen molar-refractivity contribution in [2.45, 2.75) is 0 Å². The highest BCUT2D eigenvalue weighted by molar-refractivity contribution is 5.93. The minimum Gasteiger partial charge on any atom is -0.367 e. The Morgan fingerprint density at radius 1 is 0.968 bits per heavy atom. The van der Waals surface area contributed by atoms with Gasteiger partial charge in [0.25, 0.3) is 5.91 Å². The molecule has 3 N–H and O–H groups in total. The third-order valence-corrected chi connectivity index (χ3v) is 4.50. The summed E-state index contributed by atoms with van der Waals surface area (Å²) in [7, 11) is 1.76. The van der Waals surface area contributed by atoms with Crippen LogP contribution >= 0.6 is 0 Å². The quantitative estimate of drug-likeness (QED) is 0.380. The summed E-state index contributed by atoms with van der Waals surface area (Å²) in [5, 5.41) is 21.8. The van der Waals surface area contributed by atoms with E-state index in [0.717, 1.165) is 16.9 Å². The first kappa shape index (κ1) is 20.0. The molecular formula is C22H22N8O. The fourth-order valence-corrected chi connectivity index (χ4v) is 2.96. The first-order valence-corrected chi connectivity index (χ1v) is 9.81. The number of amides is 1. The van der Waals surface area contributed by atoms with Gasteiger partial charge in [-0.2, -0.15) is 5.10 Å². The Hall–Kier alpha value is -4.27. The Bertz CT molecular complexity index is 1130. The molecule has 0 fully saturated rings. The van der Waals surface area contributed by atoms with E-state index in [1.165, 1.54) is 0 Å². The average molecular weight is 414 g/mol. The van der Waals surface area contributed by atoms with Gasteiger partial charge in [-0.3, -0.25) is 14.5 Å². The summed E-state index contributed by atoms with van der Waals surface area (Å²) >= 11 is 0. The van der Waals surface area contributed by atoms with E-state index in [1.807, 2.05) is 54.6 Å². The van der Waals surface area contributed by atoms with Gasteiger partial charge in [-0.1, -0.05) is 30.3 Å². The van der Waals surface area contributed by atoms with E-state index in [-0.39, 0.29) is 5.91 Å². The fraction of sp³-hybridized carbons (Fsp3) is 0.136. The molecule has 156 valence electrons. The highest BCUT2D eigenvalue weighted by Crippen LogP contribution is 2.18. The highest BCUT2D eigenvalue weighted by Gasteiger charge is 2.13. The smallest absolute Gasteiger partial charge is 0.269 e. The van der Waals surface area contributed by atoms with Gasteiger partial charge < -0.3 is 16.0 Å². The Morgan fingerprint density at radius 3 is 2.52 bits per heavy atom. The number of aryl methyl sites for hydroxylation is 1. The Kier molecular flexibility index (Phi) is 6.13. The maximum Gasteiger partial charge on any atom is 0.269 e. The molecule has 0 bridgehead atoms. The molecule has 0 aliphatic heterocycles. The molecule has 0 radical (unpaired) electrons. The molecule has 0 saturated heterocycles. The molecule has 31 heavy (non-hydrogen) atoms. The minimum absolute atomic E-state index is 0.180. The molecule has 0 unspecified atom stereocenters. The summed E-state index contributed by atoms with van der Waals surface area (Å²) in [6.45, 7) is 0.946. The predicted molar refractivity (Wildman–Crippen MR) is 119 cm³/mol. The predicted octanol–water partition coefficient (Wildman–Crippen LogP) is 2.86. The van der Waals surface area contributed by atoms with Crippen molar-refractivity contribution >= 4 is 23.2 Å². The monoisotopic (exact) mass is 414 g/mol. The summed E-state index contributed by atoms with van der Waals surface area (Å²) in [6, 6.07) is 18.9. The maximum absolute atomic E-state index is 12.5. The van der Waals surface area contributed by atoms with Crippen LogP contribution in [0.1, 0.15) is 10.5 Å². The van der Waals surface area contributed by atoms with Gasteiger partial charge in [-0.15, -0.1) is 10.2 Å². The molecule has 0 spiro atoms. The van der Waals surface area contributed by atoms with Crippen LogP contribution < -0.4 is 16.0 Å². The normalized spacial score (nSPS) is 10.5. The van der Waals surface area contributed by atoms with Crippen molar-refractivity contribution < 1.29 is 4.79 Å². The van der Waals surface area contributed by atoms with Gasteiger partial charge in [0, 0.05) is 31.9 Å². The van der Waals surface area contributed by atoms with E-state index in [1.54, 1.807) is 30.2 Å². The second kappa shape index (κ2) is 9.49. The lowest BCUT2D eigenvalue weighted by Gasteiger charge is -2.08. The molecule has 9 nitrogen and oxygen atoms in total. The van der Waals surface area contributed by atoms with Gasteiger partial charge >= 0.3 is 0 Å². The van der Waals surface area contributed by atoms with Crippen molar-refractivity contribution in [1.29, 1.82) is 0 Å². The van der Waals surface area contributed by atoms with Crippen molar-refractivity contribution in [3.05, 3.63) is 78.8 Å². The lowest BCUT2D eigenvalue weighted by atomic mass is 10.1. The van der Waals surface area contributed by atoms with Crippen LogP contribution in [0.4, 0.5) is 17.3 Å². The number of rotatable bonds is 8. The molecule has 3 aromatic heterocycles. The molecule has 4 rings (SSSR count). The molecule has 4 aromatic rings. The lowest BCUT2D eigenvalue weighted by Crippen LogP contribution is -2.30. The topological polar surface area (TPSA) is 110 Å². The molecule has 1 aromatic carbocycles. The Morgan fingerprint density at radius 2 is 1.77 bits per heavy atom. The van der Waals surface area contributed by atoms with E-state index in [4.69, 9.17) is 0 Å². The molecule has 0 saturated carbocycles. The molecule has 0 aliphatic carbocycles. The number of nitrogens with one attached hydrogen (secondary N) is 3. The summed E-state index contributed by atoms with van der Waals surface area (Å²) in [5.41, 5.74) is 3.08.